The molecule has 0 fully saturated rings. The molecule has 1 aliphatic heterocycles. The maximum atomic E-state index is 12.8. The van der Waals surface area contributed by atoms with Gasteiger partial charge in [-0.05, 0) is 43.3 Å². The van der Waals surface area contributed by atoms with Crippen molar-refractivity contribution in [1.29, 1.82) is 0 Å². The minimum atomic E-state index is -0.696. The number of rotatable bonds is 3. The molecule has 0 bridgehead atoms. The number of benzene rings is 2. The molecule has 7 heteroatoms. The van der Waals surface area contributed by atoms with Gasteiger partial charge in [0, 0.05) is 11.3 Å². The molecule has 7 nitrogen and oxygen atoms in total. The Balaban J connectivity index is 1.66. The summed E-state index contributed by atoms with van der Waals surface area (Å²) in [6.07, 6.45) is 0.0325. The molecule has 0 radical (unpaired) electrons. The second-order valence-corrected chi connectivity index (χ2v) is 6.19. The van der Waals surface area contributed by atoms with E-state index in [1.54, 1.807) is 28.8 Å². The molecule has 0 aliphatic carbocycles. The summed E-state index contributed by atoms with van der Waals surface area (Å²) in [5.41, 5.74) is 2.64. The smallest absolute Gasteiger partial charge is 0.248 e. The van der Waals surface area contributed by atoms with E-state index in [9.17, 15) is 14.4 Å². The predicted octanol–water partition coefficient (Wildman–Crippen LogP) is 2.76. The highest BCUT2D eigenvalue weighted by molar-refractivity contribution is 6.03. The summed E-state index contributed by atoms with van der Waals surface area (Å²) in [5.74, 6) is -0.226. The van der Waals surface area contributed by atoms with Crippen LogP contribution in [0, 0.1) is 0 Å². The number of para-hydroxylation sites is 2. The molecule has 26 heavy (non-hydrogen) atoms. The number of hydrogen-bond acceptors (Lipinski definition) is 4. The van der Waals surface area contributed by atoms with E-state index in [1.165, 1.54) is 6.92 Å². The summed E-state index contributed by atoms with van der Waals surface area (Å²) in [6.45, 7) is 1.49. The quantitative estimate of drug-likeness (QED) is 0.712. The van der Waals surface area contributed by atoms with Gasteiger partial charge in [0.2, 0.25) is 17.8 Å². The van der Waals surface area contributed by atoms with Crippen LogP contribution < -0.4 is 10.6 Å². The van der Waals surface area contributed by atoms with Crippen molar-refractivity contribution in [3.05, 3.63) is 54.1 Å². The third kappa shape index (κ3) is 2.73. The van der Waals surface area contributed by atoms with Crippen molar-refractivity contribution in [2.45, 2.75) is 19.4 Å². The molecule has 0 unspecified atom stereocenters. The third-order valence-corrected chi connectivity index (χ3v) is 4.40. The first-order valence-electron chi connectivity index (χ1n) is 8.21. The maximum absolute atomic E-state index is 12.8. The zero-order valence-corrected chi connectivity index (χ0v) is 14.0. The molecule has 0 saturated heterocycles. The lowest BCUT2D eigenvalue weighted by Crippen LogP contribution is -2.35. The van der Waals surface area contributed by atoms with Crippen molar-refractivity contribution in [2.75, 3.05) is 10.6 Å². The molecular formula is C19H16N4O3. The number of nitrogens with zero attached hydrogens (tertiary/aromatic N) is 2. The topological polar surface area (TPSA) is 93.1 Å². The molecule has 0 spiro atoms. The van der Waals surface area contributed by atoms with Crippen molar-refractivity contribution < 1.29 is 14.4 Å². The van der Waals surface area contributed by atoms with Gasteiger partial charge in [0.25, 0.3) is 0 Å². The van der Waals surface area contributed by atoms with Crippen molar-refractivity contribution in [3.8, 4) is 0 Å². The highest BCUT2D eigenvalue weighted by Crippen LogP contribution is 2.31. The highest BCUT2D eigenvalue weighted by Gasteiger charge is 2.32. The number of fused-ring (bicyclic) bond motifs is 3. The number of ketones is 1. The van der Waals surface area contributed by atoms with Crippen LogP contribution in [-0.2, 0) is 9.59 Å². The Morgan fingerprint density at radius 1 is 1.15 bits per heavy atom. The summed E-state index contributed by atoms with van der Waals surface area (Å²) >= 11 is 0. The molecule has 1 aliphatic rings. The van der Waals surface area contributed by atoms with Crippen LogP contribution in [-0.4, -0.2) is 27.1 Å². The molecule has 2 aromatic carbocycles. The second kappa shape index (κ2) is 6.11. The van der Waals surface area contributed by atoms with E-state index in [0.29, 0.717) is 22.7 Å². The number of hydrogen-bond donors (Lipinski definition) is 2. The lowest BCUT2D eigenvalue weighted by Gasteiger charge is -2.25. The monoisotopic (exact) mass is 348 g/mol. The molecule has 2 heterocycles. The predicted molar refractivity (Wildman–Crippen MR) is 97.1 cm³/mol. The van der Waals surface area contributed by atoms with Gasteiger partial charge in [-0.3, -0.25) is 24.3 Å². The molecule has 3 aromatic rings. The minimum absolute atomic E-state index is 0.0325. The van der Waals surface area contributed by atoms with Crippen LogP contribution in [0.1, 0.15) is 29.7 Å². The average Bonchev–Trinajstić information content (AvgIpc) is 2.99. The van der Waals surface area contributed by atoms with Crippen LogP contribution in [0.5, 0.6) is 0 Å². The summed E-state index contributed by atoms with van der Waals surface area (Å²) < 4.78 is 1.75. The van der Waals surface area contributed by atoms with Gasteiger partial charge in [-0.15, -0.1) is 0 Å². The van der Waals surface area contributed by atoms with Crippen LogP contribution in [0.2, 0.25) is 0 Å². The van der Waals surface area contributed by atoms with E-state index in [4.69, 9.17) is 0 Å². The summed E-state index contributed by atoms with van der Waals surface area (Å²) in [5, 5.41) is 5.53. The number of amides is 2. The molecule has 1 aromatic heterocycles. The van der Waals surface area contributed by atoms with E-state index in [1.807, 2.05) is 24.3 Å². The van der Waals surface area contributed by atoms with Gasteiger partial charge >= 0.3 is 0 Å². The number of anilines is 2. The fraction of sp³-hybridized carbons (Fsp3) is 0.158. The summed E-state index contributed by atoms with van der Waals surface area (Å²) in [7, 11) is 0. The largest absolute Gasteiger partial charge is 0.324 e. The van der Waals surface area contributed by atoms with Gasteiger partial charge in [-0.25, -0.2) is 4.98 Å². The van der Waals surface area contributed by atoms with Crippen LogP contribution >= 0.6 is 0 Å². The Morgan fingerprint density at radius 2 is 1.88 bits per heavy atom. The summed E-state index contributed by atoms with van der Waals surface area (Å²) in [4.78, 5) is 40.6. The van der Waals surface area contributed by atoms with Crippen molar-refractivity contribution in [2.24, 2.45) is 0 Å². The van der Waals surface area contributed by atoms with Gasteiger partial charge in [-0.2, -0.15) is 0 Å². The molecule has 2 N–H and O–H groups in total. The first kappa shape index (κ1) is 16.0. The molecular weight excluding hydrogens is 332 g/mol. The van der Waals surface area contributed by atoms with Gasteiger partial charge in [-0.1, -0.05) is 12.1 Å². The van der Waals surface area contributed by atoms with Gasteiger partial charge < -0.3 is 5.32 Å². The first-order chi connectivity index (χ1) is 12.5. The Labute approximate surface area is 149 Å². The van der Waals surface area contributed by atoms with Crippen LogP contribution in [0.25, 0.3) is 11.0 Å². The molecule has 130 valence electrons. The Morgan fingerprint density at radius 3 is 2.62 bits per heavy atom. The van der Waals surface area contributed by atoms with Gasteiger partial charge in [0.05, 0.1) is 17.5 Å². The van der Waals surface area contributed by atoms with E-state index in [2.05, 4.69) is 15.6 Å². The van der Waals surface area contributed by atoms with Crippen molar-refractivity contribution in [1.82, 2.24) is 9.55 Å². The molecule has 4 rings (SSSR count). The number of aromatic nitrogens is 2. The zero-order valence-electron chi connectivity index (χ0n) is 14.0. The average molecular weight is 348 g/mol. The molecule has 2 amide bonds. The zero-order chi connectivity index (χ0) is 18.3. The first-order valence-corrected chi connectivity index (χ1v) is 8.21. The van der Waals surface area contributed by atoms with Crippen LogP contribution in [0.4, 0.5) is 11.6 Å². The van der Waals surface area contributed by atoms with Crippen molar-refractivity contribution >= 4 is 40.3 Å². The van der Waals surface area contributed by atoms with E-state index >= 15 is 0 Å². The molecule has 1 atom stereocenters. The fourth-order valence-electron chi connectivity index (χ4n) is 3.11. The number of carbonyl (C=O) groups excluding carboxylic acids is 3. The Hall–Kier alpha value is -3.48. The standard InChI is InChI=1S/C19H16N4O3/c1-11(24)12-6-8-13(9-7-12)20-18(26)16-10-17(25)22-19-21-14-4-2-3-5-15(14)23(16)19/h2-9,16H,10H2,1H3,(H,20,26)(H,21,22,25)/t16-/m0/s1. The highest BCUT2D eigenvalue weighted by atomic mass is 16.2. The van der Waals surface area contributed by atoms with Crippen LogP contribution in [0.15, 0.2) is 48.5 Å². The number of carbonyl (C=O) groups is 3. The second-order valence-electron chi connectivity index (χ2n) is 6.19. The summed E-state index contributed by atoms with van der Waals surface area (Å²) in [6, 6.07) is 13.4. The lowest BCUT2D eigenvalue weighted by atomic mass is 10.1. The van der Waals surface area contributed by atoms with E-state index < -0.39 is 6.04 Å². The SMILES string of the molecule is CC(=O)c1ccc(NC(=O)[C@@H]2CC(=O)Nc3nc4ccccc4n32)cc1. The third-order valence-electron chi connectivity index (χ3n) is 4.40. The van der Waals surface area contributed by atoms with E-state index in [-0.39, 0.29) is 24.0 Å². The van der Waals surface area contributed by atoms with Crippen LogP contribution in [0.3, 0.4) is 0 Å². The van der Waals surface area contributed by atoms with Crippen molar-refractivity contribution in [3.63, 3.8) is 0 Å². The Bertz CT molecular complexity index is 1040. The number of nitrogens with one attached hydrogen (secondary N) is 2. The molecule has 0 saturated carbocycles. The van der Waals surface area contributed by atoms with Gasteiger partial charge in [0.15, 0.2) is 5.78 Å². The Kier molecular flexibility index (Phi) is 3.76. The number of imidazole rings is 1. The minimum Gasteiger partial charge on any atom is -0.324 e. The maximum Gasteiger partial charge on any atom is 0.248 e. The van der Waals surface area contributed by atoms with E-state index in [0.717, 1.165) is 5.52 Å². The fourth-order valence-corrected chi connectivity index (χ4v) is 3.11. The van der Waals surface area contributed by atoms with Gasteiger partial charge in [0.1, 0.15) is 6.04 Å². The normalized spacial score (nSPS) is 16.0. The number of Topliss-reactive ketones (excluding diaryl/α,β-unsaturated/α-hetero) is 1. The lowest BCUT2D eigenvalue weighted by molar-refractivity contribution is -0.124.